The van der Waals surface area contributed by atoms with Gasteiger partial charge in [-0.25, -0.2) is 4.79 Å². The molecule has 1 heterocycles. The van der Waals surface area contributed by atoms with Gasteiger partial charge in [0.1, 0.15) is 0 Å². The van der Waals surface area contributed by atoms with Crippen LogP contribution in [0.4, 0.5) is 0 Å². The topological polar surface area (TPSA) is 40.5 Å². The number of nitrogens with zero attached hydrogens (tertiary/aromatic N) is 1. The van der Waals surface area contributed by atoms with Crippen LogP contribution in [0.5, 0.6) is 0 Å². The number of hydrogen-bond donors (Lipinski definition) is 1. The first-order valence-corrected chi connectivity index (χ1v) is 4.29. The predicted molar refractivity (Wildman–Crippen MR) is 51.6 cm³/mol. The lowest BCUT2D eigenvalue weighted by atomic mass is 10.0. The number of carboxylic acid groups (broad SMARTS) is 1. The third kappa shape index (κ3) is 2.42. The van der Waals surface area contributed by atoms with Crippen LogP contribution in [0.1, 0.15) is 13.8 Å². The van der Waals surface area contributed by atoms with E-state index in [1.807, 2.05) is 25.8 Å². The van der Waals surface area contributed by atoms with Gasteiger partial charge in [0.2, 0.25) is 0 Å². The van der Waals surface area contributed by atoms with Crippen molar-refractivity contribution in [1.29, 1.82) is 0 Å². The summed E-state index contributed by atoms with van der Waals surface area (Å²) in [5, 5.41) is 8.84. The van der Waals surface area contributed by atoms with Gasteiger partial charge in [-0.2, -0.15) is 0 Å². The zero-order chi connectivity index (χ0) is 10.0. The molecule has 13 heavy (non-hydrogen) atoms. The average molecular weight is 181 g/mol. The Hall–Kier alpha value is -1.09. The lowest BCUT2D eigenvalue weighted by Gasteiger charge is -2.23. The van der Waals surface area contributed by atoms with Crippen molar-refractivity contribution in [2.45, 2.75) is 13.8 Å². The molecule has 0 spiro atoms. The first kappa shape index (κ1) is 9.99. The van der Waals surface area contributed by atoms with Crippen LogP contribution >= 0.6 is 0 Å². The van der Waals surface area contributed by atoms with E-state index >= 15 is 0 Å². The minimum absolute atomic E-state index is 0.477. The minimum Gasteiger partial charge on any atom is -0.478 e. The molecule has 1 N–H and O–H groups in total. The summed E-state index contributed by atoms with van der Waals surface area (Å²) in [6.45, 7) is 5.39. The van der Waals surface area contributed by atoms with Gasteiger partial charge in [-0.3, -0.25) is 4.90 Å². The molecule has 0 fully saturated rings. The van der Waals surface area contributed by atoms with Crippen molar-refractivity contribution in [2.24, 2.45) is 0 Å². The Bertz CT molecular complexity index is 285. The van der Waals surface area contributed by atoms with Crippen molar-refractivity contribution in [3.8, 4) is 0 Å². The number of likely N-dealkylation sites (N-methyl/N-ethyl adjacent to an activating group) is 1. The molecule has 72 valence electrons. The third-order valence-corrected chi connectivity index (χ3v) is 2.15. The molecular formula is C10H15NO2. The standard InChI is InChI=1S/C10H15NO2/c1-7(2)8-4-9(10(12)13)6-11(3)5-8/h4H,5-6H2,1-3H3,(H,12,13). The van der Waals surface area contributed by atoms with E-state index in [2.05, 4.69) is 0 Å². The summed E-state index contributed by atoms with van der Waals surface area (Å²) < 4.78 is 0. The second-order valence-electron chi connectivity index (χ2n) is 3.67. The SMILES string of the molecule is CC(C)=C1C=C(C(=O)O)CN(C)C1. The number of allylic oxidation sites excluding steroid dienone is 1. The highest BCUT2D eigenvalue weighted by atomic mass is 16.4. The average Bonchev–Trinajstić information content (AvgIpc) is 2.03. The summed E-state index contributed by atoms with van der Waals surface area (Å²) in [7, 11) is 1.93. The van der Waals surface area contributed by atoms with E-state index in [-0.39, 0.29) is 0 Å². The summed E-state index contributed by atoms with van der Waals surface area (Å²) in [5.41, 5.74) is 2.78. The zero-order valence-corrected chi connectivity index (χ0v) is 8.29. The van der Waals surface area contributed by atoms with Gasteiger partial charge in [-0.15, -0.1) is 0 Å². The van der Waals surface area contributed by atoms with Crippen molar-refractivity contribution in [2.75, 3.05) is 20.1 Å². The van der Waals surface area contributed by atoms with Gasteiger partial charge in [0.05, 0.1) is 5.57 Å². The summed E-state index contributed by atoms with van der Waals surface area (Å²) in [6.07, 6.45) is 1.79. The fourth-order valence-electron chi connectivity index (χ4n) is 1.37. The van der Waals surface area contributed by atoms with Crippen molar-refractivity contribution in [1.82, 2.24) is 4.90 Å². The van der Waals surface area contributed by atoms with Gasteiger partial charge < -0.3 is 5.11 Å². The van der Waals surface area contributed by atoms with Crippen LogP contribution < -0.4 is 0 Å². The highest BCUT2D eigenvalue weighted by Gasteiger charge is 2.17. The quantitative estimate of drug-likeness (QED) is 0.662. The van der Waals surface area contributed by atoms with Crippen LogP contribution in [0, 0.1) is 0 Å². The molecule has 0 saturated heterocycles. The maximum Gasteiger partial charge on any atom is 0.332 e. The Balaban J connectivity index is 2.99. The number of carbonyl (C=O) groups is 1. The van der Waals surface area contributed by atoms with E-state index < -0.39 is 5.97 Å². The molecule has 0 aromatic rings. The first-order chi connectivity index (χ1) is 6.00. The van der Waals surface area contributed by atoms with Gasteiger partial charge >= 0.3 is 5.97 Å². The van der Waals surface area contributed by atoms with E-state index in [0.29, 0.717) is 12.1 Å². The van der Waals surface area contributed by atoms with Crippen molar-refractivity contribution in [3.63, 3.8) is 0 Å². The maximum absolute atomic E-state index is 10.8. The van der Waals surface area contributed by atoms with Crippen LogP contribution in [0.25, 0.3) is 0 Å². The largest absolute Gasteiger partial charge is 0.478 e. The van der Waals surface area contributed by atoms with Gasteiger partial charge in [0, 0.05) is 13.1 Å². The lowest BCUT2D eigenvalue weighted by Crippen LogP contribution is -2.30. The summed E-state index contributed by atoms with van der Waals surface area (Å²) >= 11 is 0. The fraction of sp³-hybridized carbons (Fsp3) is 0.500. The highest BCUT2D eigenvalue weighted by Crippen LogP contribution is 2.16. The molecule has 1 aliphatic heterocycles. The van der Waals surface area contributed by atoms with Crippen molar-refractivity contribution >= 4 is 5.97 Å². The fourth-order valence-corrected chi connectivity index (χ4v) is 1.37. The van der Waals surface area contributed by atoms with Gasteiger partial charge in [0.15, 0.2) is 0 Å². The second kappa shape index (κ2) is 3.75. The van der Waals surface area contributed by atoms with E-state index in [0.717, 1.165) is 12.1 Å². The smallest absolute Gasteiger partial charge is 0.332 e. The van der Waals surface area contributed by atoms with Gasteiger partial charge in [-0.05, 0) is 32.5 Å². The van der Waals surface area contributed by atoms with E-state index in [1.165, 1.54) is 5.57 Å². The molecule has 3 heteroatoms. The van der Waals surface area contributed by atoms with Crippen molar-refractivity contribution < 1.29 is 9.90 Å². The molecule has 0 amide bonds. The normalized spacial score (nSPS) is 18.4. The molecule has 0 aliphatic carbocycles. The Labute approximate surface area is 78.4 Å². The molecule has 1 aliphatic rings. The molecule has 0 radical (unpaired) electrons. The number of rotatable bonds is 1. The second-order valence-corrected chi connectivity index (χ2v) is 3.67. The van der Waals surface area contributed by atoms with Crippen LogP contribution in [-0.2, 0) is 4.79 Å². The number of aliphatic carboxylic acids is 1. The first-order valence-electron chi connectivity index (χ1n) is 4.29. The molecule has 0 unspecified atom stereocenters. The Morgan fingerprint density at radius 3 is 2.54 bits per heavy atom. The Morgan fingerprint density at radius 2 is 2.08 bits per heavy atom. The summed E-state index contributed by atoms with van der Waals surface area (Å²) in [5.74, 6) is -0.815. The van der Waals surface area contributed by atoms with Crippen LogP contribution in [0.3, 0.4) is 0 Å². The lowest BCUT2D eigenvalue weighted by molar-refractivity contribution is -0.133. The number of hydrogen-bond acceptors (Lipinski definition) is 2. The van der Waals surface area contributed by atoms with Crippen LogP contribution in [0.2, 0.25) is 0 Å². The van der Waals surface area contributed by atoms with Crippen LogP contribution in [0.15, 0.2) is 22.8 Å². The van der Waals surface area contributed by atoms with Crippen molar-refractivity contribution in [3.05, 3.63) is 22.8 Å². The van der Waals surface area contributed by atoms with Crippen LogP contribution in [-0.4, -0.2) is 36.1 Å². The zero-order valence-electron chi connectivity index (χ0n) is 8.29. The van der Waals surface area contributed by atoms with E-state index in [9.17, 15) is 4.79 Å². The summed E-state index contributed by atoms with van der Waals surface area (Å²) in [6, 6.07) is 0. The molecule has 0 bridgehead atoms. The molecular weight excluding hydrogens is 166 g/mol. The molecule has 1 rings (SSSR count). The van der Waals surface area contributed by atoms with Gasteiger partial charge in [0.25, 0.3) is 0 Å². The third-order valence-electron chi connectivity index (χ3n) is 2.15. The van der Waals surface area contributed by atoms with E-state index in [1.54, 1.807) is 6.08 Å². The predicted octanol–water partition coefficient (Wildman–Crippen LogP) is 1.28. The molecule has 3 nitrogen and oxygen atoms in total. The highest BCUT2D eigenvalue weighted by molar-refractivity contribution is 5.88. The maximum atomic E-state index is 10.8. The van der Waals surface area contributed by atoms with E-state index in [4.69, 9.17) is 5.11 Å². The minimum atomic E-state index is -0.815. The summed E-state index contributed by atoms with van der Waals surface area (Å²) in [4.78, 5) is 12.8. The molecule has 0 atom stereocenters. The van der Waals surface area contributed by atoms with Gasteiger partial charge in [-0.1, -0.05) is 5.57 Å². The monoisotopic (exact) mass is 181 g/mol. The Kier molecular flexibility index (Phi) is 2.88. The molecule has 0 saturated carbocycles. The molecule has 0 aromatic heterocycles. The molecule has 0 aromatic carbocycles. The number of carboxylic acids is 1. The Morgan fingerprint density at radius 1 is 1.46 bits per heavy atom.